The van der Waals surface area contributed by atoms with E-state index in [-0.39, 0.29) is 5.92 Å². The molecule has 106 valence electrons. The molecule has 0 aliphatic heterocycles. The molecule has 0 bridgehead atoms. The Morgan fingerprint density at radius 2 is 1.95 bits per heavy atom. The Hall–Kier alpha value is -2.27. The maximum absolute atomic E-state index is 5.23. The first kappa shape index (κ1) is 13.7. The summed E-state index contributed by atoms with van der Waals surface area (Å²) in [4.78, 5) is 0. The second-order valence-electron chi connectivity index (χ2n) is 5.17. The molecule has 0 amide bonds. The zero-order chi connectivity index (χ0) is 14.8. The number of rotatable bonds is 3. The van der Waals surface area contributed by atoms with Crippen molar-refractivity contribution in [2.24, 2.45) is 5.10 Å². The molecule has 0 spiro atoms. The highest BCUT2D eigenvalue weighted by atomic mass is 32.1. The van der Waals surface area contributed by atoms with E-state index in [4.69, 9.17) is 12.2 Å². The van der Waals surface area contributed by atoms with Gasteiger partial charge in [0.05, 0.1) is 6.21 Å². The monoisotopic (exact) mass is 296 g/mol. The first-order chi connectivity index (χ1) is 10.2. The molecule has 0 saturated carbocycles. The number of fused-ring (bicyclic) bond motifs is 1. The van der Waals surface area contributed by atoms with Gasteiger partial charge in [-0.15, -0.1) is 0 Å². The molecular weight excluding hydrogens is 280 g/mol. The van der Waals surface area contributed by atoms with E-state index < -0.39 is 0 Å². The van der Waals surface area contributed by atoms with Crippen molar-refractivity contribution in [3.8, 4) is 0 Å². The quantitative estimate of drug-likeness (QED) is 0.584. The van der Waals surface area contributed by atoms with E-state index in [1.807, 2.05) is 30.5 Å². The molecule has 0 aliphatic carbocycles. The number of H-pyrrole nitrogens is 1. The second kappa shape index (κ2) is 5.61. The van der Waals surface area contributed by atoms with Crippen molar-refractivity contribution in [1.29, 1.82) is 0 Å². The fourth-order valence-corrected chi connectivity index (χ4v) is 2.46. The molecule has 4 nitrogen and oxygen atoms in total. The summed E-state index contributed by atoms with van der Waals surface area (Å²) in [5, 5.41) is 13.9. The predicted octanol–water partition coefficient (Wildman–Crippen LogP) is 4.10. The Bertz CT molecular complexity index is 853. The molecule has 1 N–H and O–H groups in total. The molecule has 0 aliphatic rings. The van der Waals surface area contributed by atoms with Crippen LogP contribution < -0.4 is 0 Å². The molecule has 1 aromatic heterocycles. The normalized spacial score (nSPS) is 11.8. The molecule has 0 radical (unpaired) electrons. The fraction of sp³-hybridized carbons (Fsp3) is 0.188. The maximum atomic E-state index is 5.23. The largest absolute Gasteiger partial charge is 0.250 e. The number of aromatic nitrogens is 3. The third-order valence-corrected chi connectivity index (χ3v) is 3.59. The van der Waals surface area contributed by atoms with Gasteiger partial charge in [-0.1, -0.05) is 56.3 Å². The van der Waals surface area contributed by atoms with E-state index in [1.54, 1.807) is 4.68 Å². The lowest BCUT2D eigenvalue weighted by Gasteiger charge is -2.04. The summed E-state index contributed by atoms with van der Waals surface area (Å²) in [7, 11) is 0. The standard InChI is InChI=1S/C16H16N4S/c1-11(2)15-18-19-16(21)20(15)17-10-13-8-5-7-12-6-3-4-9-14(12)13/h3-11H,1-2H3,(H,19,21)/b17-10-. The molecule has 3 aromatic rings. The molecule has 5 heteroatoms. The first-order valence-electron chi connectivity index (χ1n) is 6.86. The van der Waals surface area contributed by atoms with E-state index in [1.165, 1.54) is 10.8 Å². The molecule has 21 heavy (non-hydrogen) atoms. The number of benzene rings is 2. The molecule has 3 rings (SSSR count). The van der Waals surface area contributed by atoms with Crippen LogP contribution in [0.2, 0.25) is 0 Å². The van der Waals surface area contributed by atoms with Gasteiger partial charge in [0.15, 0.2) is 5.82 Å². The Kier molecular flexibility index (Phi) is 3.66. The van der Waals surface area contributed by atoms with Crippen LogP contribution in [0.5, 0.6) is 0 Å². The molecule has 2 aromatic carbocycles. The number of aromatic amines is 1. The number of nitrogens with zero attached hydrogens (tertiary/aromatic N) is 3. The van der Waals surface area contributed by atoms with Crippen molar-refractivity contribution in [3.05, 3.63) is 58.6 Å². The minimum Gasteiger partial charge on any atom is -0.250 e. The summed E-state index contributed by atoms with van der Waals surface area (Å²) in [6.45, 7) is 4.13. The van der Waals surface area contributed by atoms with Crippen molar-refractivity contribution in [2.75, 3.05) is 0 Å². The van der Waals surface area contributed by atoms with Crippen LogP contribution in [-0.4, -0.2) is 21.1 Å². The van der Waals surface area contributed by atoms with Crippen LogP contribution in [0.3, 0.4) is 0 Å². The number of nitrogens with one attached hydrogen (secondary N) is 1. The van der Waals surface area contributed by atoms with Gasteiger partial charge in [-0.05, 0) is 23.0 Å². The van der Waals surface area contributed by atoms with Gasteiger partial charge in [0.1, 0.15) is 0 Å². The fourth-order valence-electron chi connectivity index (χ4n) is 2.27. The Labute approximate surface area is 128 Å². The Balaban J connectivity index is 2.07. The van der Waals surface area contributed by atoms with Gasteiger partial charge in [0.25, 0.3) is 0 Å². The average molecular weight is 296 g/mol. The SMILES string of the molecule is CC(C)c1n[nH]c(=S)n1/N=C\c1cccc2ccccc12. The predicted molar refractivity (Wildman–Crippen MR) is 88.4 cm³/mol. The van der Waals surface area contributed by atoms with Crippen LogP contribution >= 0.6 is 12.2 Å². The topological polar surface area (TPSA) is 46.0 Å². The molecular formula is C16H16N4S. The zero-order valence-electron chi connectivity index (χ0n) is 11.9. The summed E-state index contributed by atoms with van der Waals surface area (Å²) < 4.78 is 2.19. The van der Waals surface area contributed by atoms with Crippen molar-refractivity contribution in [2.45, 2.75) is 19.8 Å². The van der Waals surface area contributed by atoms with Crippen LogP contribution in [0.15, 0.2) is 47.6 Å². The lowest BCUT2D eigenvalue weighted by atomic mass is 10.1. The third kappa shape index (κ3) is 2.64. The summed E-state index contributed by atoms with van der Waals surface area (Å²) in [5.41, 5.74) is 1.06. The van der Waals surface area contributed by atoms with Gasteiger partial charge in [-0.3, -0.25) is 5.10 Å². The smallest absolute Gasteiger partial charge is 0.216 e. The van der Waals surface area contributed by atoms with Crippen LogP contribution in [0.1, 0.15) is 31.2 Å². The van der Waals surface area contributed by atoms with Gasteiger partial charge in [0, 0.05) is 11.5 Å². The highest BCUT2D eigenvalue weighted by molar-refractivity contribution is 7.71. The molecule has 1 heterocycles. The van der Waals surface area contributed by atoms with Crippen molar-refractivity contribution < 1.29 is 0 Å². The van der Waals surface area contributed by atoms with Gasteiger partial charge < -0.3 is 0 Å². The van der Waals surface area contributed by atoms with Crippen molar-refractivity contribution in [1.82, 2.24) is 14.9 Å². The van der Waals surface area contributed by atoms with Gasteiger partial charge in [-0.2, -0.15) is 14.9 Å². The van der Waals surface area contributed by atoms with Gasteiger partial charge in [0.2, 0.25) is 4.77 Å². The minimum atomic E-state index is 0.252. The Morgan fingerprint density at radius 1 is 1.19 bits per heavy atom. The number of hydrogen-bond acceptors (Lipinski definition) is 3. The van der Waals surface area contributed by atoms with Gasteiger partial charge >= 0.3 is 0 Å². The summed E-state index contributed by atoms with van der Waals surface area (Å²) >= 11 is 5.23. The summed E-state index contributed by atoms with van der Waals surface area (Å²) in [6.07, 6.45) is 1.83. The molecule has 0 atom stereocenters. The first-order valence-corrected chi connectivity index (χ1v) is 7.27. The number of hydrogen-bond donors (Lipinski definition) is 1. The maximum Gasteiger partial charge on any atom is 0.216 e. The van der Waals surface area contributed by atoms with Gasteiger partial charge in [-0.25, -0.2) is 0 Å². The van der Waals surface area contributed by atoms with Crippen molar-refractivity contribution >= 4 is 29.2 Å². The van der Waals surface area contributed by atoms with E-state index in [2.05, 4.69) is 47.3 Å². The zero-order valence-corrected chi connectivity index (χ0v) is 12.8. The van der Waals surface area contributed by atoms with E-state index in [0.717, 1.165) is 11.4 Å². The third-order valence-electron chi connectivity index (χ3n) is 3.33. The molecule has 0 saturated heterocycles. The average Bonchev–Trinajstić information content (AvgIpc) is 2.86. The van der Waals surface area contributed by atoms with Crippen molar-refractivity contribution in [3.63, 3.8) is 0 Å². The van der Waals surface area contributed by atoms with Crippen LogP contribution in [0.4, 0.5) is 0 Å². The van der Waals surface area contributed by atoms with E-state index >= 15 is 0 Å². The van der Waals surface area contributed by atoms with Crippen LogP contribution in [0.25, 0.3) is 10.8 Å². The summed E-state index contributed by atoms with van der Waals surface area (Å²) in [5.74, 6) is 1.08. The molecule has 0 fully saturated rings. The van der Waals surface area contributed by atoms with E-state index in [9.17, 15) is 0 Å². The lowest BCUT2D eigenvalue weighted by Crippen LogP contribution is -2.01. The Morgan fingerprint density at radius 3 is 2.76 bits per heavy atom. The summed E-state index contributed by atoms with van der Waals surface area (Å²) in [6, 6.07) is 14.4. The second-order valence-corrected chi connectivity index (χ2v) is 5.55. The lowest BCUT2D eigenvalue weighted by molar-refractivity contribution is 0.695. The van der Waals surface area contributed by atoms with Crippen LogP contribution in [-0.2, 0) is 0 Å². The van der Waals surface area contributed by atoms with E-state index in [0.29, 0.717) is 4.77 Å². The highest BCUT2D eigenvalue weighted by Gasteiger charge is 2.08. The highest BCUT2D eigenvalue weighted by Crippen LogP contribution is 2.17. The minimum absolute atomic E-state index is 0.252. The molecule has 0 unspecified atom stereocenters. The van der Waals surface area contributed by atoms with Crippen LogP contribution in [0, 0.1) is 4.77 Å².